The minimum absolute atomic E-state index is 0.0782. The molecule has 16 heavy (non-hydrogen) atoms. The van der Waals surface area contributed by atoms with Crippen LogP contribution in [0.5, 0.6) is 0 Å². The minimum atomic E-state index is 0.0782. The van der Waals surface area contributed by atoms with Crippen LogP contribution in [0.15, 0.2) is 24.8 Å². The molecule has 0 atom stereocenters. The molecule has 0 aliphatic heterocycles. The first-order valence-electron chi connectivity index (χ1n) is 4.92. The molecule has 0 aliphatic carbocycles. The quantitative estimate of drug-likeness (QED) is 0.611. The van der Waals surface area contributed by atoms with E-state index in [2.05, 4.69) is 11.9 Å². The average Bonchev–Trinajstić information content (AvgIpc) is 2.65. The second-order valence-electron chi connectivity index (χ2n) is 3.13. The van der Waals surface area contributed by atoms with Crippen molar-refractivity contribution in [2.75, 3.05) is 12.3 Å². The summed E-state index contributed by atoms with van der Waals surface area (Å²) in [6.45, 7) is 4.27. The van der Waals surface area contributed by atoms with Gasteiger partial charge in [0.2, 0.25) is 5.91 Å². The normalized spacial score (nSPS) is 10.1. The second kappa shape index (κ2) is 7.76. The first-order chi connectivity index (χ1) is 7.72. The molecule has 0 unspecified atom stereocenters. The number of halogens is 1. The molecule has 1 amide bonds. The summed E-state index contributed by atoms with van der Waals surface area (Å²) in [5.41, 5.74) is 0. The highest BCUT2D eigenvalue weighted by Gasteiger charge is 2.02. The van der Waals surface area contributed by atoms with Crippen molar-refractivity contribution in [3.05, 3.63) is 34.0 Å². The van der Waals surface area contributed by atoms with Crippen molar-refractivity contribution in [2.45, 2.75) is 12.2 Å². The number of hydrogen-bond acceptors (Lipinski definition) is 3. The Labute approximate surface area is 109 Å². The predicted octanol–water partition coefficient (Wildman–Crippen LogP) is 3.33. The van der Waals surface area contributed by atoms with Crippen LogP contribution in [-0.4, -0.2) is 18.2 Å². The van der Waals surface area contributed by atoms with Gasteiger partial charge in [-0.3, -0.25) is 4.79 Å². The smallest absolute Gasteiger partial charge is 0.230 e. The van der Waals surface area contributed by atoms with Crippen LogP contribution in [-0.2, 0) is 10.5 Å². The van der Waals surface area contributed by atoms with Gasteiger partial charge in [0.05, 0.1) is 10.1 Å². The molecule has 1 heterocycles. The largest absolute Gasteiger partial charge is 0.355 e. The van der Waals surface area contributed by atoms with Crippen molar-refractivity contribution in [1.29, 1.82) is 0 Å². The van der Waals surface area contributed by atoms with Gasteiger partial charge in [-0.1, -0.05) is 17.7 Å². The van der Waals surface area contributed by atoms with Crippen molar-refractivity contribution < 1.29 is 4.79 Å². The summed E-state index contributed by atoms with van der Waals surface area (Å²) in [7, 11) is 0. The van der Waals surface area contributed by atoms with Crippen molar-refractivity contribution in [2.24, 2.45) is 0 Å². The third-order valence-corrected chi connectivity index (χ3v) is 4.17. The van der Waals surface area contributed by atoms with Crippen LogP contribution < -0.4 is 5.32 Å². The summed E-state index contributed by atoms with van der Waals surface area (Å²) in [4.78, 5) is 12.5. The van der Waals surface area contributed by atoms with E-state index in [9.17, 15) is 4.79 Å². The maximum atomic E-state index is 11.3. The van der Waals surface area contributed by atoms with Gasteiger partial charge in [-0.25, -0.2) is 0 Å². The molecule has 1 rings (SSSR count). The number of nitrogens with one attached hydrogen (secondary N) is 1. The van der Waals surface area contributed by atoms with Gasteiger partial charge in [0.25, 0.3) is 0 Å². The Hall–Kier alpha value is -0.450. The van der Waals surface area contributed by atoms with Crippen LogP contribution in [0, 0.1) is 0 Å². The fourth-order valence-electron chi connectivity index (χ4n) is 1.04. The molecule has 0 bridgehead atoms. The van der Waals surface area contributed by atoms with Gasteiger partial charge in [0, 0.05) is 17.2 Å². The Morgan fingerprint density at radius 1 is 1.62 bits per heavy atom. The molecule has 2 nitrogen and oxygen atoms in total. The molecule has 0 spiro atoms. The molecule has 1 N–H and O–H groups in total. The summed E-state index contributed by atoms with van der Waals surface area (Å²) in [6.07, 6.45) is 2.61. The van der Waals surface area contributed by atoms with Crippen molar-refractivity contribution >= 4 is 40.6 Å². The lowest BCUT2D eigenvalue weighted by molar-refractivity contribution is -0.118. The van der Waals surface area contributed by atoms with Gasteiger partial charge in [0.1, 0.15) is 0 Å². The van der Waals surface area contributed by atoms with Crippen molar-refractivity contribution in [3.63, 3.8) is 0 Å². The van der Waals surface area contributed by atoms with E-state index in [4.69, 9.17) is 11.6 Å². The zero-order valence-corrected chi connectivity index (χ0v) is 11.3. The molecule has 0 aromatic carbocycles. The standard InChI is InChI=1S/C11H14ClNOS2/c1-2-3-6-13-11(14)8-15-7-9-4-5-10(12)16-9/h2,4-5H,1,3,6-8H2,(H,13,14). The summed E-state index contributed by atoms with van der Waals surface area (Å²) in [5.74, 6) is 1.41. The van der Waals surface area contributed by atoms with E-state index in [0.29, 0.717) is 12.3 Å². The predicted molar refractivity (Wildman–Crippen MR) is 73.3 cm³/mol. The van der Waals surface area contributed by atoms with Gasteiger partial charge >= 0.3 is 0 Å². The number of carbonyl (C=O) groups excluding carboxylic acids is 1. The lowest BCUT2D eigenvalue weighted by Crippen LogP contribution is -2.25. The number of thioether (sulfide) groups is 1. The molecule has 0 saturated carbocycles. The number of carbonyl (C=O) groups is 1. The highest BCUT2D eigenvalue weighted by Crippen LogP contribution is 2.24. The SMILES string of the molecule is C=CCCNC(=O)CSCc1ccc(Cl)s1. The molecular formula is C11H14ClNOS2. The molecule has 0 aliphatic rings. The van der Waals surface area contributed by atoms with Gasteiger partial charge in [-0.05, 0) is 18.6 Å². The molecule has 0 saturated heterocycles. The second-order valence-corrected chi connectivity index (χ2v) is 5.91. The molecule has 1 aromatic heterocycles. The Balaban J connectivity index is 2.10. The maximum absolute atomic E-state index is 11.3. The van der Waals surface area contributed by atoms with Crippen LogP contribution in [0.2, 0.25) is 4.34 Å². The molecule has 88 valence electrons. The van der Waals surface area contributed by atoms with Crippen LogP contribution in [0.4, 0.5) is 0 Å². The van der Waals surface area contributed by atoms with Crippen LogP contribution in [0.1, 0.15) is 11.3 Å². The average molecular weight is 276 g/mol. The molecule has 1 aromatic rings. The number of hydrogen-bond donors (Lipinski definition) is 1. The van der Waals surface area contributed by atoms with Gasteiger partial charge < -0.3 is 5.32 Å². The van der Waals surface area contributed by atoms with E-state index in [-0.39, 0.29) is 5.91 Å². The van der Waals surface area contributed by atoms with Gasteiger partial charge in [-0.2, -0.15) is 0 Å². The summed E-state index contributed by atoms with van der Waals surface area (Å²) >= 11 is 8.97. The lowest BCUT2D eigenvalue weighted by Gasteiger charge is -2.02. The zero-order valence-electron chi connectivity index (χ0n) is 8.87. The van der Waals surface area contributed by atoms with Crippen molar-refractivity contribution in [3.8, 4) is 0 Å². The third kappa shape index (κ3) is 5.58. The van der Waals surface area contributed by atoms with Crippen molar-refractivity contribution in [1.82, 2.24) is 5.32 Å². The molecule has 0 fully saturated rings. The summed E-state index contributed by atoms with van der Waals surface area (Å²) in [6, 6.07) is 3.88. The summed E-state index contributed by atoms with van der Waals surface area (Å²) in [5, 5.41) is 2.82. The number of thiophene rings is 1. The third-order valence-electron chi connectivity index (χ3n) is 1.78. The Bertz CT molecular complexity index is 352. The van der Waals surface area contributed by atoms with E-state index in [1.165, 1.54) is 4.88 Å². The monoisotopic (exact) mass is 275 g/mol. The van der Waals surface area contributed by atoms with Gasteiger partial charge in [0.15, 0.2) is 0 Å². The minimum Gasteiger partial charge on any atom is -0.355 e. The van der Waals surface area contributed by atoms with Crippen LogP contribution in [0.25, 0.3) is 0 Å². The maximum Gasteiger partial charge on any atom is 0.230 e. The fraction of sp³-hybridized carbons (Fsp3) is 0.364. The van der Waals surface area contributed by atoms with E-state index >= 15 is 0 Å². The number of rotatable bonds is 7. The Kier molecular flexibility index (Phi) is 6.61. The van der Waals surface area contributed by atoms with Gasteiger partial charge in [-0.15, -0.1) is 29.7 Å². The highest BCUT2D eigenvalue weighted by atomic mass is 35.5. The zero-order chi connectivity index (χ0) is 11.8. The highest BCUT2D eigenvalue weighted by molar-refractivity contribution is 7.99. The first-order valence-corrected chi connectivity index (χ1v) is 7.27. The first kappa shape index (κ1) is 13.6. The lowest BCUT2D eigenvalue weighted by atomic mass is 10.4. The Morgan fingerprint density at radius 3 is 3.06 bits per heavy atom. The summed E-state index contributed by atoms with van der Waals surface area (Å²) < 4.78 is 0.797. The van der Waals surface area contributed by atoms with Crippen LogP contribution in [0.3, 0.4) is 0 Å². The number of amides is 1. The Morgan fingerprint density at radius 2 is 2.44 bits per heavy atom. The van der Waals surface area contributed by atoms with Crippen LogP contribution >= 0.6 is 34.7 Å². The molecule has 5 heteroatoms. The van der Waals surface area contributed by atoms with E-state index < -0.39 is 0 Å². The molecular weight excluding hydrogens is 262 g/mol. The molecule has 0 radical (unpaired) electrons. The fourth-order valence-corrected chi connectivity index (χ4v) is 3.09. The van der Waals surface area contributed by atoms with E-state index in [0.717, 1.165) is 16.5 Å². The van der Waals surface area contributed by atoms with E-state index in [1.807, 2.05) is 12.1 Å². The van der Waals surface area contributed by atoms with E-state index in [1.54, 1.807) is 29.2 Å². The topological polar surface area (TPSA) is 29.1 Å².